The summed E-state index contributed by atoms with van der Waals surface area (Å²) in [4.78, 5) is 10.4. The third kappa shape index (κ3) is 8.38. The van der Waals surface area contributed by atoms with E-state index >= 15 is 0 Å². The summed E-state index contributed by atoms with van der Waals surface area (Å²) in [5, 5.41) is 2.89. The van der Waals surface area contributed by atoms with Crippen molar-refractivity contribution in [1.82, 2.24) is 5.32 Å². The lowest BCUT2D eigenvalue weighted by Gasteiger charge is -2.18. The Balaban J connectivity index is 3.80. The second-order valence-electron chi connectivity index (χ2n) is 2.03. The Morgan fingerprint density at radius 2 is 2.09 bits per heavy atom. The highest BCUT2D eigenvalue weighted by Crippen LogP contribution is 2.23. The molecule has 0 saturated carbocycles. The third-order valence-corrected chi connectivity index (χ3v) is 1.17. The van der Waals surface area contributed by atoms with Crippen molar-refractivity contribution in [3.63, 3.8) is 0 Å². The molecule has 0 heterocycles. The first kappa shape index (κ1) is 11.5. The average molecular weight is 381 g/mol. The summed E-state index contributed by atoms with van der Waals surface area (Å²) in [6.45, 7) is 6.79. The normalized spacial score (nSPS) is 10.5. The van der Waals surface area contributed by atoms with Crippen LogP contribution >= 0.6 is 45.2 Å². The fourth-order valence-corrected chi connectivity index (χ4v) is 1.05. The van der Waals surface area contributed by atoms with Gasteiger partial charge >= 0.3 is 5.97 Å². The molecule has 0 atom stereocenters. The first-order valence-electron chi connectivity index (χ1n) is 2.84. The third-order valence-electron chi connectivity index (χ3n) is 0.626. The Bertz CT molecular complexity index is 174. The molecule has 0 amide bonds. The van der Waals surface area contributed by atoms with Crippen LogP contribution in [0.2, 0.25) is 0 Å². The molecule has 0 saturated heterocycles. The van der Waals surface area contributed by atoms with Gasteiger partial charge in [-0.3, -0.25) is 4.79 Å². The van der Waals surface area contributed by atoms with Crippen molar-refractivity contribution in [2.24, 2.45) is 0 Å². The van der Waals surface area contributed by atoms with Crippen LogP contribution < -0.4 is 5.32 Å². The molecule has 0 rings (SSSR count). The Morgan fingerprint density at radius 3 is 2.36 bits per heavy atom. The minimum atomic E-state index is -0.362. The zero-order chi connectivity index (χ0) is 9.07. The standard InChI is InChI=1S/C6H9I2NO2/c1-4(11-5(2)10)9-6(3,7)8/h9H,1H2,2-3H3. The Kier molecular flexibility index (Phi) is 4.68. The topological polar surface area (TPSA) is 38.3 Å². The van der Waals surface area contributed by atoms with E-state index in [9.17, 15) is 4.79 Å². The van der Waals surface area contributed by atoms with E-state index in [4.69, 9.17) is 0 Å². The lowest BCUT2D eigenvalue weighted by molar-refractivity contribution is -0.137. The van der Waals surface area contributed by atoms with Crippen LogP contribution in [0.3, 0.4) is 0 Å². The SMILES string of the molecule is C=C(NC(C)(I)I)OC(C)=O. The molecule has 0 aliphatic rings. The Morgan fingerprint density at radius 1 is 1.64 bits per heavy atom. The summed E-state index contributed by atoms with van der Waals surface area (Å²) in [6, 6.07) is 0. The van der Waals surface area contributed by atoms with Crippen molar-refractivity contribution in [3.05, 3.63) is 12.5 Å². The quantitative estimate of drug-likeness (QED) is 0.268. The number of alkyl halides is 2. The number of hydrogen-bond donors (Lipinski definition) is 1. The lowest BCUT2D eigenvalue weighted by atomic mass is 10.7. The molecule has 11 heavy (non-hydrogen) atoms. The van der Waals surface area contributed by atoms with Crippen molar-refractivity contribution in [2.75, 3.05) is 0 Å². The summed E-state index contributed by atoms with van der Waals surface area (Å²) in [7, 11) is 0. The molecule has 0 aromatic carbocycles. The lowest BCUT2D eigenvalue weighted by Crippen LogP contribution is -2.29. The first-order valence-corrected chi connectivity index (χ1v) is 5.00. The number of ether oxygens (including phenoxy) is 1. The van der Waals surface area contributed by atoms with Gasteiger partial charge in [0.25, 0.3) is 0 Å². The summed E-state index contributed by atoms with van der Waals surface area (Å²) >= 11 is 4.32. The van der Waals surface area contributed by atoms with E-state index in [0.717, 1.165) is 0 Å². The van der Waals surface area contributed by atoms with Gasteiger partial charge in [-0.1, -0.05) is 0 Å². The van der Waals surface area contributed by atoms with Crippen LogP contribution in [-0.2, 0) is 9.53 Å². The highest BCUT2D eigenvalue weighted by atomic mass is 127. The van der Waals surface area contributed by atoms with E-state index in [2.05, 4.69) is 61.8 Å². The monoisotopic (exact) mass is 381 g/mol. The molecule has 5 heteroatoms. The molecule has 0 aliphatic heterocycles. The fourth-order valence-electron chi connectivity index (χ4n) is 0.444. The fraction of sp³-hybridized carbons (Fsp3) is 0.500. The van der Waals surface area contributed by atoms with Crippen molar-refractivity contribution >= 4 is 51.2 Å². The molecule has 0 spiro atoms. The van der Waals surface area contributed by atoms with Crippen LogP contribution in [0.5, 0.6) is 0 Å². The number of halogens is 2. The summed E-state index contributed by atoms with van der Waals surface area (Å²) in [6.07, 6.45) is 0. The predicted molar refractivity (Wildman–Crippen MR) is 60.5 cm³/mol. The van der Waals surface area contributed by atoms with Crippen LogP contribution in [0.4, 0.5) is 0 Å². The number of hydrogen-bond acceptors (Lipinski definition) is 3. The maximum absolute atomic E-state index is 10.4. The van der Waals surface area contributed by atoms with Gasteiger partial charge in [0.2, 0.25) is 0 Å². The first-order chi connectivity index (χ1) is 4.81. The van der Waals surface area contributed by atoms with Crippen molar-refractivity contribution in [3.8, 4) is 0 Å². The van der Waals surface area contributed by atoms with Gasteiger partial charge in [0.15, 0.2) is 5.88 Å². The summed E-state index contributed by atoms with van der Waals surface area (Å²) in [5.41, 5.74) is 0. The zero-order valence-corrected chi connectivity index (χ0v) is 10.6. The van der Waals surface area contributed by atoms with E-state index in [1.165, 1.54) is 6.92 Å². The number of carbonyl (C=O) groups excluding carboxylic acids is 1. The second-order valence-corrected chi connectivity index (χ2v) is 8.41. The molecule has 0 aliphatic carbocycles. The van der Waals surface area contributed by atoms with Gasteiger partial charge in [-0.25, -0.2) is 0 Å². The van der Waals surface area contributed by atoms with E-state index in [0.29, 0.717) is 0 Å². The smallest absolute Gasteiger partial charge is 0.309 e. The number of rotatable bonds is 3. The molecular weight excluding hydrogens is 372 g/mol. The molecule has 0 bridgehead atoms. The van der Waals surface area contributed by atoms with Gasteiger partial charge in [-0.2, -0.15) is 0 Å². The predicted octanol–water partition coefficient (Wildman–Crippen LogP) is 2.15. The largest absolute Gasteiger partial charge is 0.411 e. The van der Waals surface area contributed by atoms with Crippen LogP contribution in [0, 0.1) is 0 Å². The van der Waals surface area contributed by atoms with E-state index in [1.54, 1.807) is 0 Å². The van der Waals surface area contributed by atoms with Crippen LogP contribution in [0.15, 0.2) is 12.5 Å². The number of carbonyl (C=O) groups is 1. The highest BCUT2D eigenvalue weighted by molar-refractivity contribution is 14.2. The van der Waals surface area contributed by atoms with Crippen molar-refractivity contribution in [2.45, 2.75) is 15.4 Å². The van der Waals surface area contributed by atoms with E-state index in [-0.39, 0.29) is 13.4 Å². The zero-order valence-electron chi connectivity index (χ0n) is 6.28. The van der Waals surface area contributed by atoms with E-state index in [1.807, 2.05) is 6.92 Å². The van der Waals surface area contributed by atoms with Crippen molar-refractivity contribution in [1.29, 1.82) is 0 Å². The summed E-state index contributed by atoms with van der Waals surface area (Å²) < 4.78 is 4.49. The van der Waals surface area contributed by atoms with E-state index < -0.39 is 0 Å². The maximum atomic E-state index is 10.4. The average Bonchev–Trinajstić information content (AvgIpc) is 1.53. The molecular formula is C6H9I2NO2. The Labute approximate surface area is 93.2 Å². The molecule has 0 radical (unpaired) electrons. The van der Waals surface area contributed by atoms with Gasteiger partial charge in [0.05, 0.1) is 0 Å². The van der Waals surface area contributed by atoms with Crippen molar-refractivity contribution < 1.29 is 9.53 Å². The second kappa shape index (κ2) is 4.48. The summed E-state index contributed by atoms with van der Waals surface area (Å²) in [5.74, 6) is -0.0802. The number of nitrogens with one attached hydrogen (secondary N) is 1. The van der Waals surface area contributed by atoms with Crippen LogP contribution in [0.1, 0.15) is 13.8 Å². The molecule has 0 unspecified atom stereocenters. The minimum Gasteiger partial charge on any atom is -0.411 e. The van der Waals surface area contributed by atoms with Crippen LogP contribution in [-0.4, -0.2) is 7.52 Å². The molecule has 64 valence electrons. The van der Waals surface area contributed by atoms with Gasteiger partial charge < -0.3 is 10.1 Å². The van der Waals surface area contributed by atoms with Gasteiger partial charge in [-0.05, 0) is 58.7 Å². The van der Waals surface area contributed by atoms with Gasteiger partial charge in [0, 0.05) is 6.92 Å². The molecule has 1 N–H and O–H groups in total. The molecule has 3 nitrogen and oxygen atoms in total. The van der Waals surface area contributed by atoms with Crippen LogP contribution in [0.25, 0.3) is 0 Å². The molecule has 0 fully saturated rings. The molecule has 0 aromatic heterocycles. The Hall–Kier alpha value is 0.470. The highest BCUT2D eigenvalue weighted by Gasteiger charge is 2.15. The maximum Gasteiger partial charge on any atom is 0.309 e. The number of esters is 1. The van der Waals surface area contributed by atoms with Gasteiger partial charge in [-0.15, -0.1) is 0 Å². The van der Waals surface area contributed by atoms with Gasteiger partial charge in [0.1, 0.15) is 1.55 Å². The minimum absolute atomic E-state index is 0.179. The molecule has 0 aromatic rings.